The Balaban J connectivity index is 2.40. The van der Waals surface area contributed by atoms with Crippen molar-refractivity contribution in [2.75, 3.05) is 0 Å². The fraction of sp³-hybridized carbons (Fsp3) is 0.167. The predicted octanol–water partition coefficient (Wildman–Crippen LogP) is 4.47. The van der Waals surface area contributed by atoms with E-state index in [0.29, 0.717) is 0 Å². The summed E-state index contributed by atoms with van der Waals surface area (Å²) in [5.41, 5.74) is 7.46. The number of halogens is 2. The van der Waals surface area contributed by atoms with Crippen LogP contribution < -0.4 is 5.73 Å². The molecular formula is C12H11BrINS. The summed E-state index contributed by atoms with van der Waals surface area (Å²) < 4.78 is 2.28. The quantitative estimate of drug-likeness (QED) is 0.730. The monoisotopic (exact) mass is 407 g/mol. The highest BCUT2D eigenvalue weighted by molar-refractivity contribution is 14.1. The Morgan fingerprint density at radius 3 is 2.69 bits per heavy atom. The third-order valence-corrected chi connectivity index (χ3v) is 4.92. The van der Waals surface area contributed by atoms with Crippen LogP contribution in [0, 0.1) is 10.5 Å². The van der Waals surface area contributed by atoms with Gasteiger partial charge in [0.15, 0.2) is 0 Å². The molecule has 0 spiro atoms. The van der Waals surface area contributed by atoms with Crippen LogP contribution in [0.5, 0.6) is 0 Å². The van der Waals surface area contributed by atoms with Crippen LogP contribution in [-0.2, 0) is 0 Å². The van der Waals surface area contributed by atoms with E-state index in [0.717, 1.165) is 4.47 Å². The maximum absolute atomic E-state index is 6.28. The van der Waals surface area contributed by atoms with Gasteiger partial charge in [-0.05, 0) is 65.4 Å². The Kier molecular flexibility index (Phi) is 4.05. The molecule has 0 aliphatic carbocycles. The van der Waals surface area contributed by atoms with E-state index in [2.05, 4.69) is 69.7 Å². The van der Waals surface area contributed by atoms with E-state index in [9.17, 15) is 0 Å². The molecule has 0 fully saturated rings. The number of hydrogen-bond acceptors (Lipinski definition) is 2. The molecule has 0 saturated carbocycles. The normalized spacial score (nSPS) is 12.8. The van der Waals surface area contributed by atoms with Crippen LogP contribution in [0.4, 0.5) is 0 Å². The number of aryl methyl sites for hydroxylation is 1. The van der Waals surface area contributed by atoms with Crippen molar-refractivity contribution in [3.8, 4) is 0 Å². The summed E-state index contributed by atoms with van der Waals surface area (Å²) in [4.78, 5) is 2.52. The number of rotatable bonds is 2. The molecule has 84 valence electrons. The minimum absolute atomic E-state index is 0.0249. The molecule has 2 rings (SSSR count). The summed E-state index contributed by atoms with van der Waals surface area (Å²) in [7, 11) is 0. The van der Waals surface area contributed by atoms with E-state index in [1.54, 1.807) is 11.3 Å². The van der Waals surface area contributed by atoms with Gasteiger partial charge in [0.2, 0.25) is 0 Å². The second-order valence-corrected chi connectivity index (χ2v) is 6.99. The van der Waals surface area contributed by atoms with E-state index in [1.165, 1.54) is 18.9 Å². The Bertz CT molecular complexity index is 509. The van der Waals surface area contributed by atoms with E-state index in [1.807, 2.05) is 6.07 Å². The first-order chi connectivity index (χ1) is 7.58. The summed E-state index contributed by atoms with van der Waals surface area (Å²) in [6.45, 7) is 2.10. The molecule has 0 amide bonds. The van der Waals surface area contributed by atoms with Crippen LogP contribution in [-0.4, -0.2) is 0 Å². The van der Waals surface area contributed by atoms with Crippen molar-refractivity contribution in [1.29, 1.82) is 0 Å². The molecule has 1 heterocycles. The molecule has 16 heavy (non-hydrogen) atoms. The van der Waals surface area contributed by atoms with Gasteiger partial charge in [0.25, 0.3) is 0 Å². The molecule has 1 atom stereocenters. The molecule has 0 bridgehead atoms. The average Bonchev–Trinajstić information content (AvgIpc) is 2.67. The van der Waals surface area contributed by atoms with Crippen LogP contribution in [0.25, 0.3) is 0 Å². The van der Waals surface area contributed by atoms with Gasteiger partial charge in [-0.2, -0.15) is 0 Å². The van der Waals surface area contributed by atoms with Gasteiger partial charge in [-0.15, -0.1) is 11.3 Å². The molecule has 1 unspecified atom stereocenters. The van der Waals surface area contributed by atoms with Gasteiger partial charge in [0, 0.05) is 17.8 Å². The largest absolute Gasteiger partial charge is 0.320 e. The zero-order valence-corrected chi connectivity index (χ0v) is 13.3. The molecule has 0 aliphatic rings. The van der Waals surface area contributed by atoms with Crippen LogP contribution >= 0.6 is 49.9 Å². The molecule has 1 aromatic carbocycles. The molecule has 4 heteroatoms. The zero-order chi connectivity index (χ0) is 11.7. The van der Waals surface area contributed by atoms with Crippen molar-refractivity contribution < 1.29 is 0 Å². The highest BCUT2D eigenvalue weighted by Crippen LogP contribution is 2.30. The molecular weight excluding hydrogens is 397 g/mol. The van der Waals surface area contributed by atoms with Crippen molar-refractivity contribution in [1.82, 2.24) is 0 Å². The first-order valence-corrected chi connectivity index (χ1v) is 7.53. The van der Waals surface area contributed by atoms with Crippen molar-refractivity contribution in [2.24, 2.45) is 5.73 Å². The second-order valence-electron chi connectivity index (χ2n) is 3.59. The second kappa shape index (κ2) is 5.16. The SMILES string of the molecule is Cc1ccc(C(N)c2cc(Br)ccc2I)s1. The van der Waals surface area contributed by atoms with E-state index >= 15 is 0 Å². The van der Waals surface area contributed by atoms with Gasteiger partial charge < -0.3 is 5.73 Å². The van der Waals surface area contributed by atoms with Crippen molar-refractivity contribution in [3.63, 3.8) is 0 Å². The topological polar surface area (TPSA) is 26.0 Å². The fourth-order valence-corrected chi connectivity index (χ4v) is 3.47. The van der Waals surface area contributed by atoms with Gasteiger partial charge in [-0.3, -0.25) is 0 Å². The third-order valence-electron chi connectivity index (χ3n) is 2.36. The molecule has 1 nitrogen and oxygen atoms in total. The van der Waals surface area contributed by atoms with Crippen LogP contribution in [0.3, 0.4) is 0 Å². The lowest BCUT2D eigenvalue weighted by Gasteiger charge is -2.12. The number of nitrogens with two attached hydrogens (primary N) is 1. The minimum Gasteiger partial charge on any atom is -0.320 e. The first-order valence-electron chi connectivity index (χ1n) is 4.85. The summed E-state index contributed by atoms with van der Waals surface area (Å²) in [6, 6.07) is 10.4. The predicted molar refractivity (Wildman–Crippen MR) is 81.9 cm³/mol. The standard InChI is InChI=1S/C12H11BrINS/c1-7-2-5-11(16-7)12(15)9-6-8(13)3-4-10(9)14/h2-6,12H,15H2,1H3. The van der Waals surface area contributed by atoms with Gasteiger partial charge in [-0.25, -0.2) is 0 Å². The highest BCUT2D eigenvalue weighted by atomic mass is 127. The summed E-state index contributed by atoms with van der Waals surface area (Å²) in [5.74, 6) is 0. The Morgan fingerprint density at radius 2 is 2.06 bits per heavy atom. The number of thiophene rings is 1. The van der Waals surface area contributed by atoms with E-state index < -0.39 is 0 Å². The lowest BCUT2D eigenvalue weighted by Crippen LogP contribution is -2.11. The van der Waals surface area contributed by atoms with Gasteiger partial charge in [0.1, 0.15) is 0 Å². The average molecular weight is 408 g/mol. The minimum atomic E-state index is -0.0249. The zero-order valence-electron chi connectivity index (χ0n) is 8.71. The van der Waals surface area contributed by atoms with Crippen molar-refractivity contribution in [2.45, 2.75) is 13.0 Å². The Morgan fingerprint density at radius 1 is 1.31 bits per heavy atom. The molecule has 2 N–H and O–H groups in total. The molecule has 0 aliphatic heterocycles. The van der Waals surface area contributed by atoms with Gasteiger partial charge in [-0.1, -0.05) is 15.9 Å². The number of hydrogen-bond donors (Lipinski definition) is 1. The summed E-state index contributed by atoms with van der Waals surface area (Å²) in [6.07, 6.45) is 0. The smallest absolute Gasteiger partial charge is 0.0656 e. The Hall–Kier alpha value is 0.0900. The van der Waals surface area contributed by atoms with Crippen LogP contribution in [0.15, 0.2) is 34.8 Å². The van der Waals surface area contributed by atoms with E-state index in [4.69, 9.17) is 5.73 Å². The Labute approximate surface area is 121 Å². The molecule has 2 aromatic rings. The van der Waals surface area contributed by atoms with Crippen LogP contribution in [0.1, 0.15) is 21.4 Å². The van der Waals surface area contributed by atoms with Crippen molar-refractivity contribution in [3.05, 3.63) is 53.7 Å². The van der Waals surface area contributed by atoms with Crippen molar-refractivity contribution >= 4 is 49.9 Å². The highest BCUT2D eigenvalue weighted by Gasteiger charge is 2.14. The summed E-state index contributed by atoms with van der Waals surface area (Å²) in [5, 5.41) is 0. The maximum atomic E-state index is 6.28. The maximum Gasteiger partial charge on any atom is 0.0656 e. The van der Waals surface area contributed by atoms with Crippen LogP contribution in [0.2, 0.25) is 0 Å². The number of benzene rings is 1. The lowest BCUT2D eigenvalue weighted by molar-refractivity contribution is 0.885. The van der Waals surface area contributed by atoms with E-state index in [-0.39, 0.29) is 6.04 Å². The third kappa shape index (κ3) is 2.67. The molecule has 0 saturated heterocycles. The molecule has 0 radical (unpaired) electrons. The molecule has 1 aromatic heterocycles. The van der Waals surface area contributed by atoms with Gasteiger partial charge >= 0.3 is 0 Å². The first kappa shape index (κ1) is 12.5. The fourth-order valence-electron chi connectivity index (χ4n) is 1.53. The lowest BCUT2D eigenvalue weighted by atomic mass is 10.1. The summed E-state index contributed by atoms with van der Waals surface area (Å²) >= 11 is 7.58. The van der Waals surface area contributed by atoms with Gasteiger partial charge in [0.05, 0.1) is 6.04 Å².